The van der Waals surface area contributed by atoms with Crippen molar-refractivity contribution in [1.29, 1.82) is 0 Å². The normalized spacial score (nSPS) is 11.9. The zero-order valence-corrected chi connectivity index (χ0v) is 20.7. The lowest BCUT2D eigenvalue weighted by Gasteiger charge is -2.16. The van der Waals surface area contributed by atoms with Crippen molar-refractivity contribution in [1.82, 2.24) is 20.3 Å². The van der Waals surface area contributed by atoms with E-state index in [-0.39, 0.29) is 18.0 Å². The van der Waals surface area contributed by atoms with Crippen molar-refractivity contribution in [3.63, 3.8) is 0 Å². The highest BCUT2D eigenvalue weighted by molar-refractivity contribution is 9.10. The average molecular weight is 523 g/mol. The number of hydrogen-bond donors (Lipinski definition) is 4. The molecule has 9 nitrogen and oxygen atoms in total. The number of imidazole rings is 1. The summed E-state index contributed by atoms with van der Waals surface area (Å²) in [5, 5.41) is 20.9. The van der Waals surface area contributed by atoms with Gasteiger partial charge in [-0.2, -0.15) is 0 Å². The van der Waals surface area contributed by atoms with Crippen molar-refractivity contribution >= 4 is 33.7 Å². The number of rotatable bonds is 12. The molecular weight excluding hydrogens is 492 g/mol. The molecule has 33 heavy (non-hydrogen) atoms. The molecule has 1 aromatic carbocycles. The summed E-state index contributed by atoms with van der Waals surface area (Å²) in [6, 6.07) is 5.11. The molecule has 0 bridgehead atoms. The van der Waals surface area contributed by atoms with Gasteiger partial charge in [-0.15, -0.1) is 0 Å². The third-order valence-electron chi connectivity index (χ3n) is 5.17. The molecule has 0 aliphatic rings. The van der Waals surface area contributed by atoms with Crippen molar-refractivity contribution in [2.45, 2.75) is 59.5 Å². The Morgan fingerprint density at radius 1 is 1.21 bits per heavy atom. The molecule has 0 saturated carbocycles. The van der Waals surface area contributed by atoms with Crippen LogP contribution in [0, 0.1) is 11.8 Å². The Bertz CT molecular complexity index is 989. The summed E-state index contributed by atoms with van der Waals surface area (Å²) in [7, 11) is 0. The number of aromatic carboxylic acids is 1. The number of carbonyl (C=O) groups is 3. The first-order chi connectivity index (χ1) is 15.7. The second-order valence-corrected chi connectivity index (χ2v) is 9.23. The van der Waals surface area contributed by atoms with Crippen LogP contribution in [0.4, 0.5) is 0 Å². The number of aromatic nitrogens is 2. The van der Waals surface area contributed by atoms with E-state index in [9.17, 15) is 19.5 Å². The van der Waals surface area contributed by atoms with Gasteiger partial charge in [-0.3, -0.25) is 14.8 Å². The summed E-state index contributed by atoms with van der Waals surface area (Å²) in [5.74, 6) is -2.21. The minimum atomic E-state index is -0.997. The minimum absolute atomic E-state index is 0.102. The van der Waals surface area contributed by atoms with Crippen LogP contribution in [0.25, 0.3) is 0 Å². The van der Waals surface area contributed by atoms with Crippen molar-refractivity contribution in [2.75, 3.05) is 0 Å². The van der Waals surface area contributed by atoms with Crippen LogP contribution in [0.3, 0.4) is 0 Å². The van der Waals surface area contributed by atoms with Gasteiger partial charge < -0.3 is 15.0 Å². The third-order valence-corrected chi connectivity index (χ3v) is 5.83. The van der Waals surface area contributed by atoms with Crippen molar-refractivity contribution in [3.8, 4) is 0 Å². The molecule has 0 aliphatic heterocycles. The van der Waals surface area contributed by atoms with Gasteiger partial charge in [-0.1, -0.05) is 33.3 Å². The first-order valence-electron chi connectivity index (χ1n) is 10.9. The zero-order valence-electron chi connectivity index (χ0n) is 19.1. The molecular formula is C23H31BrN4O5. The standard InChI is InChI=1S/C23H31BrN4O5/c1-4-5-6-20-26-16(11-25-21(29)18(9-14(2)3)22(30)27-33)13-28(20)12-15-7-8-17(23(31)32)19(24)10-15/h7-8,10,13-14,18,33H,4-6,9,11-12H2,1-3H3,(H,25,29)(H,27,30)(H,31,32). The number of carboxylic acids is 1. The molecule has 10 heteroatoms. The van der Waals surface area contributed by atoms with Crippen LogP contribution in [-0.2, 0) is 29.1 Å². The maximum absolute atomic E-state index is 12.6. The van der Waals surface area contributed by atoms with Crippen LogP contribution in [0.5, 0.6) is 0 Å². The number of nitrogens with zero attached hydrogens (tertiary/aromatic N) is 2. The van der Waals surface area contributed by atoms with E-state index in [2.05, 4.69) is 33.2 Å². The fourth-order valence-electron chi connectivity index (χ4n) is 3.48. The maximum atomic E-state index is 12.6. The third kappa shape index (κ3) is 7.68. The van der Waals surface area contributed by atoms with Gasteiger partial charge in [0.15, 0.2) is 0 Å². The van der Waals surface area contributed by atoms with E-state index < -0.39 is 23.7 Å². The summed E-state index contributed by atoms with van der Waals surface area (Å²) < 4.78 is 2.50. The SMILES string of the molecule is CCCCc1nc(CNC(=O)C(CC(C)C)C(=O)NO)cn1Cc1ccc(C(=O)O)c(Br)c1. The van der Waals surface area contributed by atoms with Crippen molar-refractivity contribution in [2.24, 2.45) is 11.8 Å². The summed E-state index contributed by atoms with van der Waals surface area (Å²) >= 11 is 3.31. The maximum Gasteiger partial charge on any atom is 0.336 e. The number of hydrogen-bond acceptors (Lipinski definition) is 5. The minimum Gasteiger partial charge on any atom is -0.478 e. The fourth-order valence-corrected chi connectivity index (χ4v) is 4.08. The molecule has 1 atom stereocenters. The lowest BCUT2D eigenvalue weighted by molar-refractivity contribution is -0.141. The summed E-state index contributed by atoms with van der Waals surface area (Å²) in [6.45, 7) is 6.54. The number of amides is 2. The predicted molar refractivity (Wildman–Crippen MR) is 126 cm³/mol. The second kappa shape index (κ2) is 12.5. The number of aryl methyl sites for hydroxylation is 1. The van der Waals surface area contributed by atoms with Gasteiger partial charge in [-0.05, 0) is 52.4 Å². The quantitative estimate of drug-likeness (QED) is 0.191. The molecule has 0 aliphatic carbocycles. The number of halogens is 1. The van der Waals surface area contributed by atoms with E-state index in [1.165, 1.54) is 0 Å². The largest absolute Gasteiger partial charge is 0.478 e. The molecule has 0 radical (unpaired) electrons. The molecule has 0 saturated heterocycles. The summed E-state index contributed by atoms with van der Waals surface area (Å²) in [5.41, 5.74) is 3.33. The lowest BCUT2D eigenvalue weighted by atomic mass is 9.95. The highest BCUT2D eigenvalue weighted by Gasteiger charge is 2.27. The Labute approximate surface area is 201 Å². The molecule has 2 amide bonds. The topological polar surface area (TPSA) is 134 Å². The van der Waals surface area contributed by atoms with E-state index in [0.717, 1.165) is 30.7 Å². The van der Waals surface area contributed by atoms with Crippen LogP contribution >= 0.6 is 15.9 Å². The average Bonchev–Trinajstić information content (AvgIpc) is 3.14. The zero-order chi connectivity index (χ0) is 24.5. The van der Waals surface area contributed by atoms with Crippen LogP contribution in [0.15, 0.2) is 28.9 Å². The number of hydroxylamine groups is 1. The fraction of sp³-hybridized carbons (Fsp3) is 0.478. The molecule has 2 rings (SSSR count). The van der Waals surface area contributed by atoms with E-state index in [1.54, 1.807) is 23.7 Å². The van der Waals surface area contributed by atoms with E-state index in [4.69, 9.17) is 5.21 Å². The summed E-state index contributed by atoms with van der Waals surface area (Å²) in [4.78, 5) is 40.4. The smallest absolute Gasteiger partial charge is 0.336 e. The Kier molecular flexibility index (Phi) is 10.1. The lowest BCUT2D eigenvalue weighted by Crippen LogP contribution is -2.40. The van der Waals surface area contributed by atoms with E-state index >= 15 is 0 Å². The number of benzene rings is 1. The van der Waals surface area contributed by atoms with E-state index in [0.29, 0.717) is 23.1 Å². The Morgan fingerprint density at radius 3 is 2.52 bits per heavy atom. The van der Waals surface area contributed by atoms with Gasteiger partial charge in [0, 0.05) is 23.6 Å². The molecule has 2 aromatic rings. The van der Waals surface area contributed by atoms with Crippen LogP contribution in [0.2, 0.25) is 0 Å². The van der Waals surface area contributed by atoms with Crippen LogP contribution in [0.1, 0.15) is 67.5 Å². The van der Waals surface area contributed by atoms with Gasteiger partial charge >= 0.3 is 5.97 Å². The second-order valence-electron chi connectivity index (χ2n) is 8.38. The van der Waals surface area contributed by atoms with Crippen LogP contribution in [-0.4, -0.2) is 37.6 Å². The molecule has 1 aromatic heterocycles. The summed E-state index contributed by atoms with van der Waals surface area (Å²) in [6.07, 6.45) is 4.90. The molecule has 0 spiro atoms. The van der Waals surface area contributed by atoms with Crippen molar-refractivity contribution < 1.29 is 24.7 Å². The monoisotopic (exact) mass is 522 g/mol. The van der Waals surface area contributed by atoms with Crippen molar-refractivity contribution in [3.05, 3.63) is 51.5 Å². The van der Waals surface area contributed by atoms with Gasteiger partial charge in [-0.25, -0.2) is 15.3 Å². The van der Waals surface area contributed by atoms with Gasteiger partial charge in [0.2, 0.25) is 5.91 Å². The van der Waals surface area contributed by atoms with Gasteiger partial charge in [0.25, 0.3) is 5.91 Å². The first kappa shape index (κ1) is 26.5. The number of nitrogens with one attached hydrogen (secondary N) is 2. The molecule has 180 valence electrons. The predicted octanol–water partition coefficient (Wildman–Crippen LogP) is 3.52. The first-order valence-corrected chi connectivity index (χ1v) is 11.7. The highest BCUT2D eigenvalue weighted by atomic mass is 79.9. The molecule has 1 heterocycles. The number of carbonyl (C=O) groups excluding carboxylic acids is 2. The Hall–Kier alpha value is -2.72. The molecule has 1 unspecified atom stereocenters. The molecule has 4 N–H and O–H groups in total. The Balaban J connectivity index is 2.17. The Morgan fingerprint density at radius 2 is 1.94 bits per heavy atom. The van der Waals surface area contributed by atoms with Gasteiger partial charge in [0.05, 0.1) is 17.8 Å². The highest BCUT2D eigenvalue weighted by Crippen LogP contribution is 2.20. The van der Waals surface area contributed by atoms with E-state index in [1.807, 2.05) is 24.6 Å². The van der Waals surface area contributed by atoms with Gasteiger partial charge in [0.1, 0.15) is 11.7 Å². The number of unbranched alkanes of at least 4 members (excludes halogenated alkanes) is 1. The number of carboxylic acid groups (broad SMARTS) is 1. The van der Waals surface area contributed by atoms with Crippen LogP contribution < -0.4 is 10.8 Å². The molecule has 0 fully saturated rings.